The van der Waals surface area contributed by atoms with Crippen LogP contribution in [0.5, 0.6) is 5.75 Å². The third kappa shape index (κ3) is 4.08. The second-order valence-corrected chi connectivity index (χ2v) is 5.68. The van der Waals surface area contributed by atoms with Crippen molar-refractivity contribution >= 4 is 15.9 Å². The minimum absolute atomic E-state index is 0.204. The quantitative estimate of drug-likeness (QED) is 0.852. The van der Waals surface area contributed by atoms with E-state index in [1.165, 1.54) is 6.07 Å². The summed E-state index contributed by atoms with van der Waals surface area (Å²) >= 11 is 3.29. The first-order chi connectivity index (χ1) is 9.56. The third-order valence-electron chi connectivity index (χ3n) is 2.79. The molecule has 3 nitrogen and oxygen atoms in total. The predicted octanol–water partition coefficient (Wildman–Crippen LogP) is 4.26. The van der Waals surface area contributed by atoms with Gasteiger partial charge in [-0.25, -0.2) is 4.39 Å². The molecular weight excluding hydrogens is 325 g/mol. The Morgan fingerprint density at radius 3 is 2.90 bits per heavy atom. The first-order valence-electron chi connectivity index (χ1n) is 6.42. The van der Waals surface area contributed by atoms with Gasteiger partial charge in [-0.05, 0) is 24.3 Å². The van der Waals surface area contributed by atoms with Crippen molar-refractivity contribution < 1.29 is 13.5 Å². The average molecular weight is 342 g/mol. The maximum atomic E-state index is 13.6. The minimum atomic E-state index is -0.387. The standard InChI is InChI=1S/C15H17BrFNO2/c1-10(2)18-8-11-5-6-19-15(11)9-20-14-7-12(16)3-4-13(14)17/h3-7,10,18H,8-9H2,1-2H3. The lowest BCUT2D eigenvalue weighted by Crippen LogP contribution is -2.22. The summed E-state index contributed by atoms with van der Waals surface area (Å²) in [6, 6.07) is 6.88. The van der Waals surface area contributed by atoms with E-state index < -0.39 is 0 Å². The number of halogens is 2. The number of hydrogen-bond acceptors (Lipinski definition) is 3. The molecule has 2 rings (SSSR count). The molecule has 1 aromatic heterocycles. The fraction of sp³-hybridized carbons (Fsp3) is 0.333. The SMILES string of the molecule is CC(C)NCc1ccoc1COc1cc(Br)ccc1F. The van der Waals surface area contributed by atoms with Crippen molar-refractivity contribution in [2.45, 2.75) is 33.0 Å². The predicted molar refractivity (Wildman–Crippen MR) is 79.1 cm³/mol. The van der Waals surface area contributed by atoms with Gasteiger partial charge >= 0.3 is 0 Å². The molecule has 0 saturated carbocycles. The van der Waals surface area contributed by atoms with E-state index in [9.17, 15) is 4.39 Å². The van der Waals surface area contributed by atoms with E-state index in [2.05, 4.69) is 35.1 Å². The van der Waals surface area contributed by atoms with E-state index in [4.69, 9.17) is 9.15 Å². The number of ether oxygens (including phenoxy) is 1. The normalized spacial score (nSPS) is 11.1. The Balaban J connectivity index is 2.00. The van der Waals surface area contributed by atoms with Gasteiger partial charge in [-0.1, -0.05) is 29.8 Å². The summed E-state index contributed by atoms with van der Waals surface area (Å²) < 4.78 is 25.2. The Hall–Kier alpha value is -1.33. The monoisotopic (exact) mass is 341 g/mol. The van der Waals surface area contributed by atoms with Crippen molar-refractivity contribution in [2.75, 3.05) is 0 Å². The van der Waals surface area contributed by atoms with Crippen LogP contribution < -0.4 is 10.1 Å². The smallest absolute Gasteiger partial charge is 0.165 e. The van der Waals surface area contributed by atoms with Gasteiger partial charge in [-0.15, -0.1) is 0 Å². The molecule has 0 aliphatic rings. The van der Waals surface area contributed by atoms with Crippen molar-refractivity contribution in [3.63, 3.8) is 0 Å². The molecule has 0 aliphatic heterocycles. The first-order valence-corrected chi connectivity index (χ1v) is 7.22. The summed E-state index contributed by atoms with van der Waals surface area (Å²) in [4.78, 5) is 0. The zero-order valence-corrected chi connectivity index (χ0v) is 13.0. The van der Waals surface area contributed by atoms with Crippen molar-refractivity contribution in [2.24, 2.45) is 0 Å². The highest BCUT2D eigenvalue weighted by Gasteiger charge is 2.10. The summed E-state index contributed by atoms with van der Waals surface area (Å²) in [7, 11) is 0. The maximum absolute atomic E-state index is 13.6. The van der Waals surface area contributed by atoms with Crippen LogP contribution in [0.4, 0.5) is 4.39 Å². The lowest BCUT2D eigenvalue weighted by atomic mass is 10.2. The average Bonchev–Trinajstić information content (AvgIpc) is 2.85. The van der Waals surface area contributed by atoms with Crippen LogP contribution in [0.2, 0.25) is 0 Å². The van der Waals surface area contributed by atoms with Crippen LogP contribution >= 0.6 is 15.9 Å². The van der Waals surface area contributed by atoms with Gasteiger partial charge in [0.1, 0.15) is 12.4 Å². The van der Waals surface area contributed by atoms with E-state index in [1.54, 1.807) is 18.4 Å². The molecule has 108 valence electrons. The summed E-state index contributed by atoms with van der Waals surface area (Å²) in [5.74, 6) is 0.526. The Kier molecular flexibility index (Phi) is 5.20. The van der Waals surface area contributed by atoms with E-state index in [-0.39, 0.29) is 18.2 Å². The van der Waals surface area contributed by atoms with Crippen LogP contribution in [0.15, 0.2) is 39.4 Å². The zero-order chi connectivity index (χ0) is 14.5. The van der Waals surface area contributed by atoms with Crippen LogP contribution in [0, 0.1) is 5.82 Å². The first kappa shape index (κ1) is 15.1. The fourth-order valence-electron chi connectivity index (χ4n) is 1.70. The molecule has 20 heavy (non-hydrogen) atoms. The zero-order valence-electron chi connectivity index (χ0n) is 11.5. The molecule has 1 aromatic carbocycles. The largest absolute Gasteiger partial charge is 0.483 e. The summed E-state index contributed by atoms with van der Waals surface area (Å²) in [5, 5.41) is 3.31. The topological polar surface area (TPSA) is 34.4 Å². The van der Waals surface area contributed by atoms with E-state index in [0.29, 0.717) is 18.3 Å². The van der Waals surface area contributed by atoms with Gasteiger partial charge in [0.25, 0.3) is 0 Å². The summed E-state index contributed by atoms with van der Waals surface area (Å²) in [5.41, 5.74) is 1.02. The van der Waals surface area contributed by atoms with E-state index in [0.717, 1.165) is 10.0 Å². The molecule has 0 unspecified atom stereocenters. The molecule has 2 aromatic rings. The fourth-order valence-corrected chi connectivity index (χ4v) is 2.04. The molecular formula is C15H17BrFNO2. The van der Waals surface area contributed by atoms with Gasteiger partial charge in [-0.3, -0.25) is 0 Å². The van der Waals surface area contributed by atoms with E-state index >= 15 is 0 Å². The molecule has 1 heterocycles. The molecule has 0 radical (unpaired) electrons. The molecule has 5 heteroatoms. The van der Waals surface area contributed by atoms with Crippen LogP contribution in [-0.4, -0.2) is 6.04 Å². The van der Waals surface area contributed by atoms with Gasteiger partial charge in [-0.2, -0.15) is 0 Å². The van der Waals surface area contributed by atoms with Crippen LogP contribution in [-0.2, 0) is 13.2 Å². The second kappa shape index (κ2) is 6.90. The molecule has 0 fully saturated rings. The number of furan rings is 1. The van der Waals surface area contributed by atoms with Gasteiger partial charge in [0.05, 0.1) is 6.26 Å². The van der Waals surface area contributed by atoms with Crippen LogP contribution in [0.25, 0.3) is 0 Å². The van der Waals surface area contributed by atoms with Crippen LogP contribution in [0.1, 0.15) is 25.2 Å². The van der Waals surface area contributed by atoms with Gasteiger partial charge in [0, 0.05) is 22.6 Å². The van der Waals surface area contributed by atoms with Gasteiger partial charge in [0.2, 0.25) is 0 Å². The van der Waals surface area contributed by atoms with E-state index in [1.807, 2.05) is 6.07 Å². The minimum Gasteiger partial charge on any atom is -0.483 e. The number of hydrogen-bond donors (Lipinski definition) is 1. The number of benzene rings is 1. The van der Waals surface area contributed by atoms with Gasteiger partial charge < -0.3 is 14.5 Å². The molecule has 1 N–H and O–H groups in total. The maximum Gasteiger partial charge on any atom is 0.165 e. The number of rotatable bonds is 6. The molecule has 0 aliphatic carbocycles. The third-order valence-corrected chi connectivity index (χ3v) is 3.28. The Bertz CT molecular complexity index is 569. The van der Waals surface area contributed by atoms with Crippen LogP contribution in [0.3, 0.4) is 0 Å². The number of nitrogens with one attached hydrogen (secondary N) is 1. The van der Waals surface area contributed by atoms with Crippen molar-refractivity contribution in [1.82, 2.24) is 5.32 Å². The molecule has 0 spiro atoms. The highest BCUT2D eigenvalue weighted by atomic mass is 79.9. The lowest BCUT2D eigenvalue weighted by Gasteiger charge is -2.10. The van der Waals surface area contributed by atoms with Crippen molar-refractivity contribution in [3.8, 4) is 5.75 Å². The Labute approximate surface area is 126 Å². The molecule has 0 saturated heterocycles. The second-order valence-electron chi connectivity index (χ2n) is 4.77. The van der Waals surface area contributed by atoms with Gasteiger partial charge in [0.15, 0.2) is 11.6 Å². The summed E-state index contributed by atoms with van der Waals surface area (Å²) in [6.07, 6.45) is 1.62. The molecule has 0 bridgehead atoms. The Morgan fingerprint density at radius 1 is 1.35 bits per heavy atom. The lowest BCUT2D eigenvalue weighted by molar-refractivity contribution is 0.256. The molecule has 0 atom stereocenters. The Morgan fingerprint density at radius 2 is 2.15 bits per heavy atom. The molecule has 0 amide bonds. The summed E-state index contributed by atoms with van der Waals surface area (Å²) in [6.45, 7) is 5.06. The van der Waals surface area contributed by atoms with Crippen molar-refractivity contribution in [3.05, 3.63) is 52.1 Å². The highest BCUT2D eigenvalue weighted by Crippen LogP contribution is 2.23. The van der Waals surface area contributed by atoms with Crippen molar-refractivity contribution in [1.29, 1.82) is 0 Å². The highest BCUT2D eigenvalue weighted by molar-refractivity contribution is 9.10.